The molecule has 0 bridgehead atoms. The second-order valence-electron chi connectivity index (χ2n) is 9.96. The summed E-state index contributed by atoms with van der Waals surface area (Å²) < 4.78 is 24.2. The molecule has 182 valence electrons. The summed E-state index contributed by atoms with van der Waals surface area (Å²) >= 11 is 0. The molecule has 0 radical (unpaired) electrons. The van der Waals surface area contributed by atoms with Crippen LogP contribution in [0, 0.1) is 23.6 Å². The summed E-state index contributed by atoms with van der Waals surface area (Å²) in [6.07, 6.45) is 12.4. The molecule has 2 saturated carbocycles. The minimum Gasteiger partial charge on any atom is -0.459 e. The van der Waals surface area contributed by atoms with E-state index in [9.17, 15) is 14.0 Å². The summed E-state index contributed by atoms with van der Waals surface area (Å²) in [6.45, 7) is 2.26. The van der Waals surface area contributed by atoms with Gasteiger partial charge in [-0.2, -0.15) is 0 Å². The smallest absolute Gasteiger partial charge is 0.343 e. The van der Waals surface area contributed by atoms with Crippen molar-refractivity contribution in [1.82, 2.24) is 0 Å². The van der Waals surface area contributed by atoms with Gasteiger partial charge in [-0.05, 0) is 98.4 Å². The largest absolute Gasteiger partial charge is 0.459 e. The lowest BCUT2D eigenvalue weighted by molar-refractivity contribution is -0.00628. The van der Waals surface area contributed by atoms with Gasteiger partial charge in [-0.3, -0.25) is 0 Å². The van der Waals surface area contributed by atoms with Crippen molar-refractivity contribution in [2.45, 2.75) is 77.2 Å². The highest BCUT2D eigenvalue weighted by atomic mass is 19.1. The minimum atomic E-state index is -0.577. The van der Waals surface area contributed by atoms with E-state index in [1.165, 1.54) is 69.2 Å². The Hall–Kier alpha value is -2.69. The van der Waals surface area contributed by atoms with Gasteiger partial charge in [0.05, 0.1) is 11.1 Å². The Morgan fingerprint density at radius 2 is 1.47 bits per heavy atom. The topological polar surface area (TPSA) is 52.6 Å². The van der Waals surface area contributed by atoms with E-state index in [0.717, 1.165) is 31.1 Å². The van der Waals surface area contributed by atoms with Gasteiger partial charge in [0.1, 0.15) is 17.7 Å². The number of carbonyl (C=O) groups is 2. The van der Waals surface area contributed by atoms with Crippen LogP contribution in [0.25, 0.3) is 0 Å². The van der Waals surface area contributed by atoms with E-state index < -0.39 is 11.8 Å². The number of hydrogen-bond donors (Lipinski definition) is 0. The van der Waals surface area contributed by atoms with Gasteiger partial charge in [-0.1, -0.05) is 39.0 Å². The molecule has 2 aliphatic rings. The minimum absolute atomic E-state index is 0.0126. The predicted molar refractivity (Wildman–Crippen MR) is 129 cm³/mol. The predicted octanol–water partition coefficient (Wildman–Crippen LogP) is 7.37. The highest BCUT2D eigenvalue weighted by molar-refractivity contribution is 5.92. The number of halogens is 1. The molecule has 2 aliphatic carbocycles. The van der Waals surface area contributed by atoms with Crippen LogP contribution in [-0.4, -0.2) is 18.0 Å². The number of fused-ring (bicyclic) bond motifs is 1. The van der Waals surface area contributed by atoms with E-state index in [2.05, 4.69) is 6.92 Å². The van der Waals surface area contributed by atoms with E-state index in [4.69, 9.17) is 9.47 Å². The molecule has 2 aromatic carbocycles. The molecule has 0 heterocycles. The Balaban J connectivity index is 1.24. The van der Waals surface area contributed by atoms with Crippen molar-refractivity contribution in [3.8, 4) is 5.75 Å². The fraction of sp³-hybridized carbons (Fsp3) is 0.517. The Morgan fingerprint density at radius 1 is 0.824 bits per heavy atom. The molecular formula is C29H35FO4. The zero-order valence-electron chi connectivity index (χ0n) is 20.0. The third kappa shape index (κ3) is 6.46. The summed E-state index contributed by atoms with van der Waals surface area (Å²) in [5, 5.41) is 0. The molecule has 4 nitrogen and oxygen atoms in total. The molecule has 4 atom stereocenters. The first-order chi connectivity index (χ1) is 16.5. The zero-order valence-corrected chi connectivity index (χ0v) is 20.0. The fourth-order valence-electron chi connectivity index (χ4n) is 5.63. The van der Waals surface area contributed by atoms with E-state index in [0.29, 0.717) is 17.2 Å². The maximum absolute atomic E-state index is 13.0. The maximum Gasteiger partial charge on any atom is 0.343 e. The molecule has 0 unspecified atom stereocenters. The second-order valence-corrected chi connectivity index (χ2v) is 9.96. The van der Waals surface area contributed by atoms with E-state index in [1.54, 1.807) is 24.3 Å². The average molecular weight is 467 g/mol. The quantitative estimate of drug-likeness (QED) is 0.232. The van der Waals surface area contributed by atoms with Crippen molar-refractivity contribution < 1.29 is 23.5 Å². The van der Waals surface area contributed by atoms with Gasteiger partial charge >= 0.3 is 11.9 Å². The first-order valence-electron chi connectivity index (χ1n) is 12.8. The van der Waals surface area contributed by atoms with E-state index in [-0.39, 0.29) is 17.6 Å². The molecule has 0 aliphatic heterocycles. The summed E-state index contributed by atoms with van der Waals surface area (Å²) in [4.78, 5) is 24.9. The van der Waals surface area contributed by atoms with Gasteiger partial charge in [0.25, 0.3) is 0 Å². The number of esters is 2. The van der Waals surface area contributed by atoms with Gasteiger partial charge in [-0.25, -0.2) is 14.0 Å². The maximum atomic E-state index is 13.0. The monoisotopic (exact) mass is 466 g/mol. The Bertz CT molecular complexity index is 953. The van der Waals surface area contributed by atoms with Crippen LogP contribution in [0.4, 0.5) is 4.39 Å². The highest BCUT2D eigenvalue weighted by Gasteiger charge is 2.36. The van der Waals surface area contributed by atoms with Crippen molar-refractivity contribution in [1.29, 1.82) is 0 Å². The lowest BCUT2D eigenvalue weighted by Gasteiger charge is -2.42. The first-order valence-corrected chi connectivity index (χ1v) is 12.8. The number of benzene rings is 2. The van der Waals surface area contributed by atoms with Crippen molar-refractivity contribution in [2.24, 2.45) is 17.8 Å². The fourth-order valence-corrected chi connectivity index (χ4v) is 5.63. The average Bonchev–Trinajstić information content (AvgIpc) is 2.85. The number of hydrogen-bond acceptors (Lipinski definition) is 4. The standard InChI is InChI=1S/C29H35FO4/c1-2-3-4-5-20-6-7-24-19-27(17-12-23(24)18-20)34-29(32)22-10-15-26(16-11-22)33-28(31)21-8-13-25(30)14-9-21/h8-11,13-16,20,23-24,27H,2-7,12,17-19H2,1H3/t20-,23-,24-,27-/m1/s1. The number of unbranched alkanes of at least 4 members (excludes halogenated alkanes) is 2. The van der Waals surface area contributed by atoms with Crippen molar-refractivity contribution in [3.63, 3.8) is 0 Å². The van der Waals surface area contributed by atoms with E-state index in [1.807, 2.05) is 0 Å². The van der Waals surface area contributed by atoms with Crippen molar-refractivity contribution in [3.05, 3.63) is 65.5 Å². The molecule has 0 N–H and O–H groups in total. The molecule has 2 fully saturated rings. The number of ether oxygens (including phenoxy) is 2. The SMILES string of the molecule is CCCCC[C@@H]1CC[C@@H]2C[C@H](OC(=O)c3ccc(OC(=O)c4ccc(F)cc4)cc3)CC[C@@H]2C1. The van der Waals surface area contributed by atoms with Gasteiger partial charge in [0.15, 0.2) is 0 Å². The first kappa shape index (κ1) is 24.4. The summed E-state index contributed by atoms with van der Waals surface area (Å²) in [5.41, 5.74) is 0.707. The van der Waals surface area contributed by atoms with Crippen LogP contribution in [0.2, 0.25) is 0 Å². The highest BCUT2D eigenvalue weighted by Crippen LogP contribution is 2.44. The molecule has 0 amide bonds. The van der Waals surface area contributed by atoms with Crippen molar-refractivity contribution >= 4 is 11.9 Å². The van der Waals surface area contributed by atoms with Gasteiger partial charge in [0, 0.05) is 0 Å². The Kier molecular flexibility index (Phi) is 8.36. The molecule has 0 aromatic heterocycles. The normalized spacial score (nSPS) is 24.2. The summed E-state index contributed by atoms with van der Waals surface area (Å²) in [6, 6.07) is 11.5. The summed E-state index contributed by atoms with van der Waals surface area (Å²) in [5.74, 6) is 1.38. The number of rotatable bonds is 8. The third-order valence-electron chi connectivity index (χ3n) is 7.54. The molecule has 4 rings (SSSR count). The Morgan fingerprint density at radius 3 is 2.21 bits per heavy atom. The zero-order chi connectivity index (χ0) is 23.9. The van der Waals surface area contributed by atoms with Crippen LogP contribution in [-0.2, 0) is 4.74 Å². The van der Waals surface area contributed by atoms with Gasteiger partial charge in [0.2, 0.25) is 0 Å². The van der Waals surface area contributed by atoms with E-state index >= 15 is 0 Å². The van der Waals surface area contributed by atoms with Gasteiger partial charge in [-0.15, -0.1) is 0 Å². The van der Waals surface area contributed by atoms with Gasteiger partial charge < -0.3 is 9.47 Å². The third-order valence-corrected chi connectivity index (χ3v) is 7.54. The van der Waals surface area contributed by atoms with Crippen LogP contribution >= 0.6 is 0 Å². The molecule has 34 heavy (non-hydrogen) atoms. The lowest BCUT2D eigenvalue weighted by Crippen LogP contribution is -2.35. The van der Waals surface area contributed by atoms with Crippen molar-refractivity contribution in [2.75, 3.05) is 0 Å². The molecule has 0 spiro atoms. The Labute approximate surface area is 201 Å². The van der Waals surface area contributed by atoms with Crippen LogP contribution < -0.4 is 4.74 Å². The second kappa shape index (κ2) is 11.6. The number of carbonyl (C=O) groups excluding carboxylic acids is 2. The van der Waals surface area contributed by atoms with Crippen LogP contribution in [0.3, 0.4) is 0 Å². The molecule has 0 saturated heterocycles. The molecular weight excluding hydrogens is 431 g/mol. The van der Waals surface area contributed by atoms with Crippen LogP contribution in [0.5, 0.6) is 5.75 Å². The molecule has 5 heteroatoms. The molecule has 2 aromatic rings. The van der Waals surface area contributed by atoms with Crippen LogP contribution in [0.15, 0.2) is 48.5 Å². The van der Waals surface area contributed by atoms with Crippen LogP contribution in [0.1, 0.15) is 91.8 Å². The summed E-state index contributed by atoms with van der Waals surface area (Å²) in [7, 11) is 0. The lowest BCUT2D eigenvalue weighted by atomic mass is 9.66.